The van der Waals surface area contributed by atoms with Gasteiger partial charge in [-0.15, -0.1) is 0 Å². The summed E-state index contributed by atoms with van der Waals surface area (Å²) in [5.74, 6) is -1.51. The molecular formula is C11H10F3N3O2. The summed E-state index contributed by atoms with van der Waals surface area (Å²) in [4.78, 5) is 7.36. The van der Waals surface area contributed by atoms with E-state index in [0.29, 0.717) is 18.6 Å². The Labute approximate surface area is 106 Å². The van der Waals surface area contributed by atoms with Gasteiger partial charge < -0.3 is 9.26 Å². The Balaban J connectivity index is 2.16. The molecule has 2 aromatic heterocycles. The molecule has 0 fully saturated rings. The summed E-state index contributed by atoms with van der Waals surface area (Å²) in [5, 5.41) is 3.27. The summed E-state index contributed by atoms with van der Waals surface area (Å²) in [5.41, 5.74) is 1.13. The van der Waals surface area contributed by atoms with E-state index in [-0.39, 0.29) is 5.82 Å². The van der Waals surface area contributed by atoms with Crippen LogP contribution in [0.5, 0.6) is 0 Å². The molecule has 0 aliphatic rings. The Kier molecular flexibility index (Phi) is 3.79. The van der Waals surface area contributed by atoms with E-state index >= 15 is 0 Å². The van der Waals surface area contributed by atoms with Crippen LogP contribution in [0.25, 0.3) is 11.4 Å². The quantitative estimate of drug-likeness (QED) is 0.855. The lowest BCUT2D eigenvalue weighted by Crippen LogP contribution is -2.04. The Hall–Kier alpha value is -1.96. The summed E-state index contributed by atoms with van der Waals surface area (Å²) in [6.45, 7) is 0.521. The third-order valence-corrected chi connectivity index (χ3v) is 2.31. The molecule has 0 spiro atoms. The van der Waals surface area contributed by atoms with Gasteiger partial charge in [0.05, 0.1) is 6.61 Å². The van der Waals surface area contributed by atoms with Gasteiger partial charge in [0.15, 0.2) is 0 Å². The number of halogens is 3. The van der Waals surface area contributed by atoms with Gasteiger partial charge in [-0.1, -0.05) is 5.16 Å². The summed E-state index contributed by atoms with van der Waals surface area (Å²) in [6.07, 6.45) is -2.62. The molecule has 0 bridgehead atoms. The van der Waals surface area contributed by atoms with E-state index in [4.69, 9.17) is 4.74 Å². The fourth-order valence-electron chi connectivity index (χ4n) is 1.37. The smallest absolute Gasteiger partial charge is 0.384 e. The largest absolute Gasteiger partial charge is 0.471 e. The summed E-state index contributed by atoms with van der Waals surface area (Å²) in [6, 6.07) is 3.26. The zero-order valence-electron chi connectivity index (χ0n) is 9.94. The fraction of sp³-hybridized carbons (Fsp3) is 0.364. The maximum atomic E-state index is 12.3. The van der Waals surface area contributed by atoms with Gasteiger partial charge in [-0.3, -0.25) is 4.98 Å². The summed E-state index contributed by atoms with van der Waals surface area (Å²) >= 11 is 0. The fourth-order valence-corrected chi connectivity index (χ4v) is 1.37. The van der Waals surface area contributed by atoms with E-state index in [1.165, 1.54) is 6.20 Å². The normalized spacial score (nSPS) is 11.8. The van der Waals surface area contributed by atoms with Gasteiger partial charge in [0, 0.05) is 31.0 Å². The van der Waals surface area contributed by atoms with Gasteiger partial charge in [0.1, 0.15) is 0 Å². The van der Waals surface area contributed by atoms with Crippen LogP contribution in [0.4, 0.5) is 13.2 Å². The Morgan fingerprint density at radius 1 is 1.32 bits per heavy atom. The molecule has 0 unspecified atom stereocenters. The highest BCUT2D eigenvalue weighted by molar-refractivity contribution is 5.52. The molecule has 0 aromatic carbocycles. The van der Waals surface area contributed by atoms with Crippen LogP contribution in [0.3, 0.4) is 0 Å². The number of hydrogen-bond acceptors (Lipinski definition) is 5. The molecule has 2 rings (SSSR count). The minimum atomic E-state index is -4.64. The van der Waals surface area contributed by atoms with Crippen LogP contribution in [0, 0.1) is 0 Å². The molecule has 2 aromatic rings. The number of alkyl halides is 3. The van der Waals surface area contributed by atoms with Crippen molar-refractivity contribution in [2.24, 2.45) is 0 Å². The van der Waals surface area contributed by atoms with Crippen LogP contribution in [0.2, 0.25) is 0 Å². The Morgan fingerprint density at radius 3 is 2.63 bits per heavy atom. The molecule has 5 nitrogen and oxygen atoms in total. The first kappa shape index (κ1) is 13.5. The second kappa shape index (κ2) is 5.35. The van der Waals surface area contributed by atoms with Crippen molar-refractivity contribution in [3.8, 4) is 11.4 Å². The predicted molar refractivity (Wildman–Crippen MR) is 58.1 cm³/mol. The van der Waals surface area contributed by atoms with Crippen molar-refractivity contribution < 1.29 is 22.4 Å². The second-order valence-electron chi connectivity index (χ2n) is 3.70. The molecule has 0 atom stereocenters. The average Bonchev–Trinajstić information content (AvgIpc) is 2.86. The molecule has 0 N–H and O–H groups in total. The van der Waals surface area contributed by atoms with Gasteiger partial charge >= 0.3 is 12.1 Å². The number of ether oxygens (including phenoxy) is 1. The molecule has 0 saturated carbocycles. The van der Waals surface area contributed by atoms with Crippen LogP contribution < -0.4 is 0 Å². The molecule has 102 valence electrons. The minimum absolute atomic E-state index is 0.141. The third-order valence-electron chi connectivity index (χ3n) is 2.31. The number of aromatic nitrogens is 3. The average molecular weight is 273 g/mol. The molecule has 2 heterocycles. The maximum absolute atomic E-state index is 12.3. The lowest BCUT2D eigenvalue weighted by atomic mass is 10.2. The van der Waals surface area contributed by atoms with Crippen LogP contribution in [0.1, 0.15) is 11.6 Å². The summed E-state index contributed by atoms with van der Waals surface area (Å²) in [7, 11) is 1.58. The lowest BCUT2D eigenvalue weighted by Gasteiger charge is -2.00. The van der Waals surface area contributed by atoms with Crippen LogP contribution in [0.15, 0.2) is 22.9 Å². The molecule has 0 amide bonds. The van der Waals surface area contributed by atoms with E-state index < -0.39 is 12.1 Å². The monoisotopic (exact) mass is 273 g/mol. The number of methoxy groups -OCH3 is 1. The highest BCUT2D eigenvalue weighted by Gasteiger charge is 2.38. The zero-order chi connectivity index (χ0) is 13.9. The molecule has 0 aliphatic carbocycles. The Morgan fingerprint density at radius 2 is 2.11 bits per heavy atom. The minimum Gasteiger partial charge on any atom is -0.384 e. The van der Waals surface area contributed by atoms with Gasteiger partial charge in [-0.25, -0.2) is 0 Å². The third kappa shape index (κ3) is 3.28. The Bertz CT molecular complexity index is 537. The van der Waals surface area contributed by atoms with Gasteiger partial charge in [-0.05, 0) is 12.1 Å². The maximum Gasteiger partial charge on any atom is 0.471 e. The standard InChI is InChI=1S/C11H10F3N3O2/c1-18-5-4-8-3-2-7(6-15-8)9-16-10(19-17-9)11(12,13)14/h2-3,6H,4-5H2,1H3. The molecule has 0 saturated heterocycles. The number of rotatable bonds is 4. The predicted octanol–water partition coefficient (Wildman–Crippen LogP) is 2.34. The topological polar surface area (TPSA) is 61.0 Å². The van der Waals surface area contributed by atoms with Gasteiger partial charge in [-0.2, -0.15) is 18.2 Å². The molecule has 8 heteroatoms. The zero-order valence-corrected chi connectivity index (χ0v) is 9.94. The SMILES string of the molecule is COCCc1ccc(-c2noc(C(F)(F)F)n2)cn1. The van der Waals surface area contributed by atoms with Crippen molar-refractivity contribution in [3.05, 3.63) is 29.9 Å². The van der Waals surface area contributed by atoms with Crippen LogP contribution in [-0.4, -0.2) is 28.8 Å². The van der Waals surface area contributed by atoms with Crippen molar-refractivity contribution >= 4 is 0 Å². The highest BCUT2D eigenvalue weighted by atomic mass is 19.4. The molecule has 0 aliphatic heterocycles. The second-order valence-corrected chi connectivity index (χ2v) is 3.70. The van der Waals surface area contributed by atoms with E-state index in [0.717, 1.165) is 5.69 Å². The molecular weight excluding hydrogens is 263 g/mol. The first-order chi connectivity index (χ1) is 9.00. The molecule has 19 heavy (non-hydrogen) atoms. The van der Waals surface area contributed by atoms with E-state index in [9.17, 15) is 13.2 Å². The first-order valence-electron chi connectivity index (χ1n) is 5.36. The molecule has 0 radical (unpaired) electrons. The lowest BCUT2D eigenvalue weighted by molar-refractivity contribution is -0.159. The number of nitrogens with zero attached hydrogens (tertiary/aromatic N) is 3. The van der Waals surface area contributed by atoms with Crippen LogP contribution >= 0.6 is 0 Å². The van der Waals surface area contributed by atoms with Crippen molar-refractivity contribution in [2.45, 2.75) is 12.6 Å². The number of hydrogen-bond donors (Lipinski definition) is 0. The van der Waals surface area contributed by atoms with Crippen molar-refractivity contribution in [3.63, 3.8) is 0 Å². The van der Waals surface area contributed by atoms with E-state index in [2.05, 4.69) is 19.6 Å². The first-order valence-corrected chi connectivity index (χ1v) is 5.36. The summed E-state index contributed by atoms with van der Waals surface area (Å²) < 4.78 is 45.9. The van der Waals surface area contributed by atoms with Gasteiger partial charge in [0.25, 0.3) is 0 Å². The van der Waals surface area contributed by atoms with Gasteiger partial charge in [0.2, 0.25) is 5.82 Å². The van der Waals surface area contributed by atoms with Crippen LogP contribution in [-0.2, 0) is 17.3 Å². The van der Waals surface area contributed by atoms with Crippen molar-refractivity contribution in [1.82, 2.24) is 15.1 Å². The van der Waals surface area contributed by atoms with E-state index in [1.807, 2.05) is 0 Å². The van der Waals surface area contributed by atoms with E-state index in [1.54, 1.807) is 19.2 Å². The highest BCUT2D eigenvalue weighted by Crippen LogP contribution is 2.29. The van der Waals surface area contributed by atoms with Crippen molar-refractivity contribution in [2.75, 3.05) is 13.7 Å². The number of pyridine rings is 1. The van der Waals surface area contributed by atoms with Crippen molar-refractivity contribution in [1.29, 1.82) is 0 Å².